The second kappa shape index (κ2) is 8.44. The van der Waals surface area contributed by atoms with Gasteiger partial charge >= 0.3 is 0 Å². The lowest BCUT2D eigenvalue weighted by Crippen LogP contribution is -2.26. The number of hydrogen-bond donors (Lipinski definition) is 4. The van der Waals surface area contributed by atoms with Crippen molar-refractivity contribution >= 4 is 0 Å². The van der Waals surface area contributed by atoms with Gasteiger partial charge in [-0.05, 0) is 66.6 Å². The lowest BCUT2D eigenvalue weighted by molar-refractivity contribution is 0.264. The van der Waals surface area contributed by atoms with Crippen LogP contribution in [0.25, 0.3) is 0 Å². The van der Waals surface area contributed by atoms with Gasteiger partial charge in [-0.1, -0.05) is 6.07 Å². The predicted octanol–water partition coefficient (Wildman–Crippen LogP) is 3.54. The fourth-order valence-corrected chi connectivity index (χ4v) is 2.50. The first kappa shape index (κ1) is 18.6. The normalized spacial score (nSPS) is 11.8. The van der Waals surface area contributed by atoms with Crippen LogP contribution >= 0.6 is 0 Å². The van der Waals surface area contributed by atoms with Gasteiger partial charge < -0.3 is 30.5 Å². The van der Waals surface area contributed by atoms with Gasteiger partial charge in [0.1, 0.15) is 34.5 Å². The molecule has 3 rings (SSSR count). The quantitative estimate of drug-likeness (QED) is 0.509. The average Bonchev–Trinajstić information content (AvgIpc) is 2.67. The van der Waals surface area contributed by atoms with Gasteiger partial charge in [0.15, 0.2) is 0 Å². The number of aliphatic hydroxyl groups is 1. The van der Waals surface area contributed by atoms with Crippen molar-refractivity contribution < 1.29 is 24.8 Å². The molecule has 6 heteroatoms. The molecule has 0 aliphatic carbocycles. The third kappa shape index (κ3) is 5.13. The van der Waals surface area contributed by atoms with E-state index in [2.05, 4.69) is 0 Å². The van der Waals surface area contributed by atoms with E-state index >= 15 is 0 Å². The molecule has 3 aromatic carbocycles. The average molecular weight is 367 g/mol. The lowest BCUT2D eigenvalue weighted by atomic mass is 10.1. The smallest absolute Gasteiger partial charge is 0.134 e. The fraction of sp³-hybridized carbons (Fsp3) is 0.143. The maximum Gasteiger partial charge on any atom is 0.134 e. The Hall–Kier alpha value is -3.22. The zero-order valence-corrected chi connectivity index (χ0v) is 14.6. The molecule has 0 unspecified atom stereocenters. The number of aliphatic hydroxyl groups excluding tert-OH is 1. The van der Waals surface area contributed by atoms with E-state index in [1.54, 1.807) is 36.4 Å². The molecule has 0 radical (unpaired) electrons. The first-order valence-corrected chi connectivity index (χ1v) is 8.46. The van der Waals surface area contributed by atoms with Crippen LogP contribution in [-0.4, -0.2) is 28.0 Å². The van der Waals surface area contributed by atoms with Crippen molar-refractivity contribution in [2.45, 2.75) is 12.5 Å². The van der Waals surface area contributed by atoms with Crippen molar-refractivity contribution in [1.82, 2.24) is 0 Å². The Bertz CT molecular complexity index is 878. The minimum Gasteiger partial charge on any atom is -0.508 e. The summed E-state index contributed by atoms with van der Waals surface area (Å²) in [5, 5.41) is 28.0. The first-order chi connectivity index (χ1) is 13.0. The molecule has 5 N–H and O–H groups in total. The molecular weight excluding hydrogens is 346 g/mol. The molecule has 140 valence electrons. The molecule has 6 nitrogen and oxygen atoms in total. The third-order valence-corrected chi connectivity index (χ3v) is 3.89. The van der Waals surface area contributed by atoms with E-state index in [9.17, 15) is 15.3 Å². The van der Waals surface area contributed by atoms with Gasteiger partial charge in [0.25, 0.3) is 0 Å². The van der Waals surface area contributed by atoms with Crippen LogP contribution < -0.4 is 15.2 Å². The van der Waals surface area contributed by atoms with Crippen molar-refractivity contribution in [2.75, 3.05) is 6.61 Å². The minimum atomic E-state index is -0.406. The van der Waals surface area contributed by atoms with Crippen LogP contribution in [0, 0.1) is 0 Å². The van der Waals surface area contributed by atoms with Crippen molar-refractivity contribution in [3.05, 3.63) is 72.3 Å². The Morgan fingerprint density at radius 1 is 0.741 bits per heavy atom. The van der Waals surface area contributed by atoms with E-state index in [0.717, 1.165) is 5.56 Å². The van der Waals surface area contributed by atoms with Crippen LogP contribution in [0.3, 0.4) is 0 Å². The molecule has 0 saturated heterocycles. The van der Waals surface area contributed by atoms with Crippen molar-refractivity contribution in [3.8, 4) is 34.5 Å². The van der Waals surface area contributed by atoms with Gasteiger partial charge in [0, 0.05) is 12.1 Å². The highest BCUT2D eigenvalue weighted by molar-refractivity contribution is 5.46. The Labute approximate surface area is 157 Å². The van der Waals surface area contributed by atoms with Crippen molar-refractivity contribution in [1.29, 1.82) is 0 Å². The highest BCUT2D eigenvalue weighted by Gasteiger charge is 2.12. The maximum atomic E-state index is 9.42. The number of hydrogen-bond acceptors (Lipinski definition) is 6. The Kier molecular flexibility index (Phi) is 5.80. The van der Waals surface area contributed by atoms with Crippen LogP contribution in [0.4, 0.5) is 0 Å². The summed E-state index contributed by atoms with van der Waals surface area (Å²) < 4.78 is 11.7. The summed E-state index contributed by atoms with van der Waals surface area (Å²) in [6, 6.07) is 17.7. The summed E-state index contributed by atoms with van der Waals surface area (Å²) in [5.74, 6) is 2.52. The largest absolute Gasteiger partial charge is 0.508 e. The monoisotopic (exact) mass is 367 g/mol. The summed E-state index contributed by atoms with van der Waals surface area (Å²) in [7, 11) is 0. The Morgan fingerprint density at radius 2 is 1.26 bits per heavy atom. The van der Waals surface area contributed by atoms with Crippen molar-refractivity contribution in [2.24, 2.45) is 5.73 Å². The van der Waals surface area contributed by atoms with Gasteiger partial charge in [0.05, 0.1) is 6.61 Å². The second-order valence-electron chi connectivity index (χ2n) is 6.11. The number of benzene rings is 3. The highest BCUT2D eigenvalue weighted by atomic mass is 16.5. The number of phenols is 2. The van der Waals surface area contributed by atoms with Gasteiger partial charge in [-0.2, -0.15) is 0 Å². The summed E-state index contributed by atoms with van der Waals surface area (Å²) in [5.41, 5.74) is 6.69. The fourth-order valence-electron chi connectivity index (χ4n) is 2.50. The van der Waals surface area contributed by atoms with Crippen molar-refractivity contribution in [3.63, 3.8) is 0 Å². The van der Waals surface area contributed by atoms with E-state index in [0.29, 0.717) is 29.4 Å². The predicted molar refractivity (Wildman–Crippen MR) is 102 cm³/mol. The van der Waals surface area contributed by atoms with E-state index in [-0.39, 0.29) is 18.1 Å². The molecule has 0 amide bonds. The Balaban J connectivity index is 1.87. The van der Waals surface area contributed by atoms with E-state index in [4.69, 9.17) is 15.2 Å². The molecule has 0 heterocycles. The summed E-state index contributed by atoms with van der Waals surface area (Å²) in [6.07, 6.45) is 0.434. The zero-order chi connectivity index (χ0) is 19.2. The molecule has 0 saturated carbocycles. The van der Waals surface area contributed by atoms with Crippen LogP contribution in [0.1, 0.15) is 5.56 Å². The van der Waals surface area contributed by atoms with E-state index in [1.165, 1.54) is 24.3 Å². The van der Waals surface area contributed by atoms with Gasteiger partial charge in [-0.25, -0.2) is 0 Å². The van der Waals surface area contributed by atoms with Crippen LogP contribution in [-0.2, 0) is 6.42 Å². The molecule has 0 aromatic heterocycles. The minimum absolute atomic E-state index is 0.135. The molecule has 1 atom stereocenters. The molecule has 27 heavy (non-hydrogen) atoms. The molecule has 0 spiro atoms. The summed E-state index contributed by atoms with van der Waals surface area (Å²) >= 11 is 0. The number of phenolic OH excluding ortho intramolecular Hbond substituents is 2. The van der Waals surface area contributed by atoms with Gasteiger partial charge in [-0.15, -0.1) is 0 Å². The number of aromatic hydroxyl groups is 2. The molecule has 0 fully saturated rings. The summed E-state index contributed by atoms with van der Waals surface area (Å²) in [6.45, 7) is -0.135. The molecular formula is C21H21NO5. The molecule has 0 bridgehead atoms. The third-order valence-electron chi connectivity index (χ3n) is 3.89. The standard InChI is InChI=1S/C21H21NO5/c22-15(13-23)11-14-1-6-20(26-18-7-2-16(24)3-8-18)12-21(14)27-19-9-4-17(25)5-10-19/h1-10,12,15,23-25H,11,13,22H2/t15-/m1/s1. The maximum absolute atomic E-state index is 9.42. The van der Waals surface area contributed by atoms with Gasteiger partial charge in [-0.3, -0.25) is 0 Å². The Morgan fingerprint density at radius 3 is 1.81 bits per heavy atom. The number of rotatable bonds is 7. The second-order valence-corrected chi connectivity index (χ2v) is 6.11. The van der Waals surface area contributed by atoms with E-state index < -0.39 is 6.04 Å². The van der Waals surface area contributed by atoms with Crippen LogP contribution in [0.15, 0.2) is 66.7 Å². The zero-order valence-electron chi connectivity index (χ0n) is 14.6. The summed E-state index contributed by atoms with van der Waals surface area (Å²) in [4.78, 5) is 0. The first-order valence-electron chi connectivity index (χ1n) is 8.46. The SMILES string of the molecule is N[C@@H](CO)Cc1ccc(Oc2ccc(O)cc2)cc1Oc1ccc(O)cc1. The van der Waals surface area contributed by atoms with Gasteiger partial charge in [0.2, 0.25) is 0 Å². The number of nitrogens with two attached hydrogens (primary N) is 1. The highest BCUT2D eigenvalue weighted by Crippen LogP contribution is 2.33. The van der Waals surface area contributed by atoms with Crippen LogP contribution in [0.5, 0.6) is 34.5 Å². The molecule has 3 aromatic rings. The van der Waals surface area contributed by atoms with E-state index in [1.807, 2.05) is 6.07 Å². The molecule has 0 aliphatic heterocycles. The number of ether oxygens (including phenoxy) is 2. The topological polar surface area (TPSA) is 105 Å². The lowest BCUT2D eigenvalue weighted by Gasteiger charge is -2.16. The van der Waals surface area contributed by atoms with Crippen LogP contribution in [0.2, 0.25) is 0 Å². The molecule has 0 aliphatic rings.